The fraction of sp³-hybridized carbons (Fsp3) is 0.867. The van der Waals surface area contributed by atoms with E-state index in [1.165, 1.54) is 13.5 Å². The lowest BCUT2D eigenvalue weighted by Crippen LogP contribution is -2.51. The van der Waals surface area contributed by atoms with Gasteiger partial charge in [0.2, 0.25) is 0 Å². The van der Waals surface area contributed by atoms with E-state index in [9.17, 15) is 9.59 Å². The first-order valence-corrected chi connectivity index (χ1v) is 7.86. The maximum absolute atomic E-state index is 11.5. The molecular weight excluding hydrogens is 272 g/mol. The summed E-state index contributed by atoms with van der Waals surface area (Å²) in [6, 6.07) is 0.506. The van der Waals surface area contributed by atoms with Crippen LogP contribution in [0.5, 0.6) is 0 Å². The summed E-state index contributed by atoms with van der Waals surface area (Å²) >= 11 is 0. The quantitative estimate of drug-likeness (QED) is 0.758. The Kier molecular flexibility index (Phi) is 5.99. The molecule has 6 nitrogen and oxygen atoms in total. The second-order valence-corrected chi connectivity index (χ2v) is 6.07. The fourth-order valence-electron chi connectivity index (χ4n) is 3.45. The van der Waals surface area contributed by atoms with Gasteiger partial charge < -0.3 is 14.7 Å². The summed E-state index contributed by atoms with van der Waals surface area (Å²) in [7, 11) is 1.45. The first-order valence-electron chi connectivity index (χ1n) is 7.86. The molecule has 120 valence electrons. The van der Waals surface area contributed by atoms with Gasteiger partial charge in [0.05, 0.1) is 19.4 Å². The molecule has 0 aliphatic carbocycles. The Morgan fingerprint density at radius 1 is 1.19 bits per heavy atom. The molecule has 0 aromatic rings. The topological polar surface area (TPSA) is 70.1 Å². The standard InChI is InChI=1S/C15H26N2O4/c1-21-15(20)12-4-9-17(10-5-12)13-3-2-7-16(11-13)8-6-14(18)19/h12-13H,2-11H2,1H3,(H,18,19). The van der Waals surface area contributed by atoms with E-state index in [0.717, 1.165) is 45.4 Å². The van der Waals surface area contributed by atoms with Gasteiger partial charge in [-0.05, 0) is 45.3 Å². The lowest BCUT2D eigenvalue weighted by atomic mass is 9.94. The zero-order chi connectivity index (χ0) is 15.2. The number of rotatable bonds is 5. The zero-order valence-electron chi connectivity index (χ0n) is 12.8. The third kappa shape index (κ3) is 4.68. The molecule has 0 saturated carbocycles. The third-order valence-electron chi connectivity index (χ3n) is 4.70. The van der Waals surface area contributed by atoms with Crippen molar-refractivity contribution in [3.63, 3.8) is 0 Å². The maximum atomic E-state index is 11.5. The monoisotopic (exact) mass is 298 g/mol. The van der Waals surface area contributed by atoms with Crippen molar-refractivity contribution < 1.29 is 19.4 Å². The van der Waals surface area contributed by atoms with E-state index < -0.39 is 5.97 Å². The number of ether oxygens (including phenoxy) is 1. The van der Waals surface area contributed by atoms with Crippen molar-refractivity contribution in [3.05, 3.63) is 0 Å². The van der Waals surface area contributed by atoms with Crippen LogP contribution < -0.4 is 0 Å². The Morgan fingerprint density at radius 2 is 1.90 bits per heavy atom. The summed E-state index contributed by atoms with van der Waals surface area (Å²) in [5, 5.41) is 8.78. The summed E-state index contributed by atoms with van der Waals surface area (Å²) in [5.74, 6) is -0.754. The number of aliphatic carboxylic acids is 1. The molecule has 1 unspecified atom stereocenters. The van der Waals surface area contributed by atoms with Crippen molar-refractivity contribution in [1.82, 2.24) is 9.80 Å². The van der Waals surface area contributed by atoms with Gasteiger partial charge in [-0.3, -0.25) is 14.5 Å². The molecule has 0 radical (unpaired) electrons. The number of hydrogen-bond donors (Lipinski definition) is 1. The van der Waals surface area contributed by atoms with E-state index in [1.54, 1.807) is 0 Å². The number of methoxy groups -OCH3 is 1. The first-order chi connectivity index (χ1) is 10.1. The van der Waals surface area contributed by atoms with Crippen molar-refractivity contribution in [2.75, 3.05) is 39.8 Å². The van der Waals surface area contributed by atoms with E-state index in [0.29, 0.717) is 12.6 Å². The predicted octanol–water partition coefficient (Wildman–Crippen LogP) is 0.811. The number of carboxylic acid groups (broad SMARTS) is 1. The number of carboxylic acids is 1. The van der Waals surface area contributed by atoms with Gasteiger partial charge in [0, 0.05) is 19.1 Å². The second-order valence-electron chi connectivity index (χ2n) is 6.07. The summed E-state index contributed by atoms with van der Waals surface area (Å²) in [5.41, 5.74) is 0. The normalized spacial score (nSPS) is 25.7. The van der Waals surface area contributed by atoms with Crippen molar-refractivity contribution in [2.45, 2.75) is 38.1 Å². The molecule has 0 bridgehead atoms. The molecule has 2 aliphatic rings. The summed E-state index contributed by atoms with van der Waals surface area (Å²) in [6.07, 6.45) is 4.27. The molecule has 1 N–H and O–H groups in total. The van der Waals surface area contributed by atoms with Crippen LogP contribution in [0.4, 0.5) is 0 Å². The molecule has 2 aliphatic heterocycles. The highest BCUT2D eigenvalue weighted by Gasteiger charge is 2.31. The highest BCUT2D eigenvalue weighted by atomic mass is 16.5. The SMILES string of the molecule is COC(=O)C1CCN(C2CCCN(CCC(=O)O)C2)CC1. The molecular formula is C15H26N2O4. The van der Waals surface area contributed by atoms with Gasteiger partial charge in [0.1, 0.15) is 0 Å². The smallest absolute Gasteiger partial charge is 0.308 e. The van der Waals surface area contributed by atoms with Crippen LogP contribution in [0.25, 0.3) is 0 Å². The van der Waals surface area contributed by atoms with E-state index in [1.807, 2.05) is 0 Å². The molecule has 0 aromatic carbocycles. The van der Waals surface area contributed by atoms with Gasteiger partial charge in [-0.2, -0.15) is 0 Å². The largest absolute Gasteiger partial charge is 0.481 e. The van der Waals surface area contributed by atoms with Gasteiger partial charge in [0.15, 0.2) is 0 Å². The summed E-state index contributed by atoms with van der Waals surface area (Å²) < 4.78 is 4.82. The summed E-state index contributed by atoms with van der Waals surface area (Å²) in [4.78, 5) is 26.9. The molecule has 0 aromatic heterocycles. The Labute approximate surface area is 126 Å². The number of likely N-dealkylation sites (tertiary alicyclic amines) is 2. The van der Waals surface area contributed by atoms with Crippen molar-refractivity contribution in [2.24, 2.45) is 5.92 Å². The Balaban J connectivity index is 1.77. The fourth-order valence-corrected chi connectivity index (χ4v) is 3.45. The number of hydrogen-bond acceptors (Lipinski definition) is 5. The molecule has 0 spiro atoms. The maximum Gasteiger partial charge on any atom is 0.308 e. The lowest BCUT2D eigenvalue weighted by Gasteiger charge is -2.42. The number of carbonyl (C=O) groups excluding carboxylic acids is 1. The third-order valence-corrected chi connectivity index (χ3v) is 4.70. The minimum Gasteiger partial charge on any atom is -0.481 e. The molecule has 2 heterocycles. The molecule has 2 saturated heterocycles. The molecule has 21 heavy (non-hydrogen) atoms. The first kappa shape index (κ1) is 16.2. The Morgan fingerprint density at radius 3 is 2.52 bits per heavy atom. The number of piperidine rings is 2. The average molecular weight is 298 g/mol. The Hall–Kier alpha value is -1.14. The van der Waals surface area contributed by atoms with Gasteiger partial charge in [0.25, 0.3) is 0 Å². The van der Waals surface area contributed by atoms with Gasteiger partial charge in [-0.15, -0.1) is 0 Å². The van der Waals surface area contributed by atoms with Crippen molar-refractivity contribution in [1.29, 1.82) is 0 Å². The van der Waals surface area contributed by atoms with Crippen molar-refractivity contribution >= 4 is 11.9 Å². The van der Waals surface area contributed by atoms with Crippen molar-refractivity contribution in [3.8, 4) is 0 Å². The molecule has 6 heteroatoms. The van der Waals surface area contributed by atoms with Crippen LogP contribution in [0.2, 0.25) is 0 Å². The van der Waals surface area contributed by atoms with Crippen LogP contribution in [0.1, 0.15) is 32.1 Å². The highest BCUT2D eigenvalue weighted by molar-refractivity contribution is 5.72. The van der Waals surface area contributed by atoms with Crippen LogP contribution in [-0.4, -0.2) is 72.7 Å². The van der Waals surface area contributed by atoms with Gasteiger partial charge in [-0.25, -0.2) is 0 Å². The molecule has 0 amide bonds. The van der Waals surface area contributed by atoms with Crippen LogP contribution in [0, 0.1) is 5.92 Å². The number of carbonyl (C=O) groups is 2. The highest BCUT2D eigenvalue weighted by Crippen LogP contribution is 2.24. The second kappa shape index (κ2) is 7.75. The minimum atomic E-state index is -0.726. The Bertz CT molecular complexity index is 367. The molecule has 2 rings (SSSR count). The van der Waals surface area contributed by atoms with Crippen LogP contribution in [-0.2, 0) is 14.3 Å². The lowest BCUT2D eigenvalue weighted by molar-refractivity contribution is -0.147. The van der Waals surface area contributed by atoms with E-state index in [4.69, 9.17) is 9.84 Å². The average Bonchev–Trinajstić information content (AvgIpc) is 2.52. The van der Waals surface area contributed by atoms with Crippen LogP contribution in [0.15, 0.2) is 0 Å². The number of esters is 1. The number of nitrogens with zero attached hydrogens (tertiary/aromatic N) is 2. The molecule has 1 atom stereocenters. The molecule has 2 fully saturated rings. The van der Waals surface area contributed by atoms with E-state index in [2.05, 4.69) is 9.80 Å². The van der Waals surface area contributed by atoms with Crippen LogP contribution >= 0.6 is 0 Å². The van der Waals surface area contributed by atoms with Gasteiger partial charge >= 0.3 is 11.9 Å². The van der Waals surface area contributed by atoms with Crippen LogP contribution in [0.3, 0.4) is 0 Å². The summed E-state index contributed by atoms with van der Waals surface area (Å²) in [6.45, 7) is 4.48. The predicted molar refractivity (Wildman–Crippen MR) is 78.0 cm³/mol. The minimum absolute atomic E-state index is 0.0537. The zero-order valence-corrected chi connectivity index (χ0v) is 12.8. The van der Waals surface area contributed by atoms with E-state index >= 15 is 0 Å². The van der Waals surface area contributed by atoms with E-state index in [-0.39, 0.29) is 18.3 Å². The van der Waals surface area contributed by atoms with Gasteiger partial charge in [-0.1, -0.05) is 0 Å².